The second-order valence-corrected chi connectivity index (χ2v) is 6.47. The van der Waals surface area contributed by atoms with Gasteiger partial charge < -0.3 is 9.80 Å². The first-order valence-electron chi connectivity index (χ1n) is 7.01. The zero-order valence-electron chi connectivity index (χ0n) is 11.5. The maximum absolute atomic E-state index is 12.6. The molecule has 2 fully saturated rings. The third-order valence-corrected chi connectivity index (χ3v) is 5.10. The lowest BCUT2D eigenvalue weighted by Gasteiger charge is -2.29. The van der Waals surface area contributed by atoms with Crippen LogP contribution in [-0.2, 0) is 4.79 Å². The molecule has 0 aliphatic carbocycles. The van der Waals surface area contributed by atoms with E-state index in [1.807, 2.05) is 0 Å². The second kappa shape index (κ2) is 5.23. The van der Waals surface area contributed by atoms with Crippen molar-refractivity contribution in [2.24, 2.45) is 0 Å². The van der Waals surface area contributed by atoms with Crippen LogP contribution < -0.4 is 5.32 Å². The molecule has 0 aromatic carbocycles. The van der Waals surface area contributed by atoms with Gasteiger partial charge >= 0.3 is 0 Å². The fraction of sp³-hybridized carbons (Fsp3) is 0.643. The first-order valence-corrected chi connectivity index (χ1v) is 7.89. The number of nitrogens with zero attached hydrogens (tertiary/aromatic N) is 2. The molecule has 0 radical (unpaired) electrons. The van der Waals surface area contributed by atoms with E-state index >= 15 is 0 Å². The molecule has 0 bridgehead atoms. The average Bonchev–Trinajstić information content (AvgIpc) is 3.08. The first-order chi connectivity index (χ1) is 9.20. The van der Waals surface area contributed by atoms with Gasteiger partial charge in [0.05, 0.1) is 6.04 Å². The highest BCUT2D eigenvalue weighted by atomic mass is 32.1. The van der Waals surface area contributed by atoms with Gasteiger partial charge in [-0.25, -0.2) is 0 Å². The van der Waals surface area contributed by atoms with Crippen LogP contribution in [0.15, 0.2) is 17.5 Å². The molecule has 1 amide bonds. The van der Waals surface area contributed by atoms with Crippen molar-refractivity contribution in [2.45, 2.75) is 38.0 Å². The van der Waals surface area contributed by atoms with E-state index < -0.39 is 0 Å². The number of carbonyl (C=O) groups excluding carboxylic acids is 1. The third-order valence-electron chi connectivity index (χ3n) is 4.17. The van der Waals surface area contributed by atoms with Crippen molar-refractivity contribution in [3.05, 3.63) is 22.4 Å². The number of carbonyl (C=O) groups is 1. The van der Waals surface area contributed by atoms with Crippen LogP contribution in [0, 0.1) is 0 Å². The summed E-state index contributed by atoms with van der Waals surface area (Å²) in [4.78, 5) is 18.2. The molecule has 1 N–H and O–H groups in total. The summed E-state index contributed by atoms with van der Waals surface area (Å²) in [6, 6.07) is 4.52. The molecule has 104 valence electrons. The van der Waals surface area contributed by atoms with E-state index in [1.165, 1.54) is 4.88 Å². The average molecular weight is 279 g/mol. The van der Waals surface area contributed by atoms with Crippen LogP contribution in [0.1, 0.15) is 30.8 Å². The number of likely N-dealkylation sites (N-methyl/N-ethyl adjacent to an activating group) is 1. The Morgan fingerprint density at radius 2 is 2.37 bits per heavy atom. The van der Waals surface area contributed by atoms with E-state index in [2.05, 4.69) is 46.6 Å². The largest absolute Gasteiger partial charge is 0.316 e. The Kier molecular flexibility index (Phi) is 3.60. The van der Waals surface area contributed by atoms with Crippen molar-refractivity contribution < 1.29 is 4.79 Å². The summed E-state index contributed by atoms with van der Waals surface area (Å²) in [5.74, 6) is 0.279. The summed E-state index contributed by atoms with van der Waals surface area (Å²) in [6.07, 6.45) is 2.02. The zero-order chi connectivity index (χ0) is 13.4. The molecule has 3 atom stereocenters. The highest BCUT2D eigenvalue weighted by molar-refractivity contribution is 7.10. The predicted octanol–water partition coefficient (Wildman–Crippen LogP) is 1.66. The Balaban J connectivity index is 1.86. The second-order valence-electron chi connectivity index (χ2n) is 5.50. The van der Waals surface area contributed by atoms with Crippen LogP contribution >= 0.6 is 11.3 Å². The van der Waals surface area contributed by atoms with Crippen molar-refractivity contribution in [1.82, 2.24) is 15.1 Å². The lowest BCUT2D eigenvalue weighted by molar-refractivity contribution is -0.132. The molecular formula is C14H21N3OS. The van der Waals surface area contributed by atoms with Crippen LogP contribution in [-0.4, -0.2) is 47.9 Å². The molecule has 0 spiro atoms. The number of thiophene rings is 1. The molecule has 4 nitrogen and oxygen atoms in total. The minimum absolute atomic E-state index is 0.0157. The lowest BCUT2D eigenvalue weighted by Crippen LogP contribution is -2.41. The van der Waals surface area contributed by atoms with Crippen molar-refractivity contribution in [1.29, 1.82) is 0 Å². The first kappa shape index (κ1) is 13.1. The van der Waals surface area contributed by atoms with Crippen molar-refractivity contribution in [3.8, 4) is 0 Å². The normalized spacial score (nSPS) is 32.4. The maximum Gasteiger partial charge on any atom is 0.241 e. The number of hydrogen-bond donors (Lipinski definition) is 1. The van der Waals surface area contributed by atoms with Gasteiger partial charge in [-0.2, -0.15) is 0 Å². The third kappa shape index (κ3) is 2.30. The van der Waals surface area contributed by atoms with Gasteiger partial charge in [-0.15, -0.1) is 11.3 Å². The Labute approximate surface area is 118 Å². The van der Waals surface area contributed by atoms with Crippen molar-refractivity contribution in [3.63, 3.8) is 0 Å². The van der Waals surface area contributed by atoms with E-state index in [9.17, 15) is 4.79 Å². The van der Waals surface area contributed by atoms with Crippen molar-refractivity contribution >= 4 is 17.2 Å². The van der Waals surface area contributed by atoms with E-state index in [-0.39, 0.29) is 18.1 Å². The smallest absolute Gasteiger partial charge is 0.241 e. The molecule has 2 saturated heterocycles. The topological polar surface area (TPSA) is 35.6 Å². The Morgan fingerprint density at radius 3 is 2.95 bits per heavy atom. The van der Waals surface area contributed by atoms with Gasteiger partial charge in [-0.05, 0) is 37.9 Å². The number of rotatable bonds is 3. The molecule has 3 rings (SSSR count). The van der Waals surface area contributed by atoms with Crippen LogP contribution in [0.2, 0.25) is 0 Å². The quantitative estimate of drug-likeness (QED) is 0.914. The summed E-state index contributed by atoms with van der Waals surface area (Å²) >= 11 is 1.73. The van der Waals surface area contributed by atoms with Crippen LogP contribution in [0.3, 0.4) is 0 Å². The van der Waals surface area contributed by atoms with Gasteiger partial charge in [0.2, 0.25) is 5.91 Å². The monoisotopic (exact) mass is 279 g/mol. The van der Waals surface area contributed by atoms with Gasteiger partial charge in [0.15, 0.2) is 0 Å². The minimum atomic E-state index is -0.0157. The van der Waals surface area contributed by atoms with Gasteiger partial charge in [0.1, 0.15) is 6.17 Å². The van der Waals surface area contributed by atoms with E-state index in [4.69, 9.17) is 0 Å². The lowest BCUT2D eigenvalue weighted by atomic mass is 10.2. The van der Waals surface area contributed by atoms with E-state index in [0.717, 1.165) is 25.9 Å². The highest BCUT2D eigenvalue weighted by Gasteiger charge is 2.44. The predicted molar refractivity (Wildman–Crippen MR) is 77.0 cm³/mol. The number of nitrogens with one attached hydrogen (secondary N) is 1. The highest BCUT2D eigenvalue weighted by Crippen LogP contribution is 2.33. The summed E-state index contributed by atoms with van der Waals surface area (Å²) in [5, 5.41) is 5.59. The minimum Gasteiger partial charge on any atom is -0.316 e. The number of likely N-dealkylation sites (tertiary alicyclic amines) is 1. The molecule has 2 aliphatic rings. The molecule has 5 heteroatoms. The summed E-state index contributed by atoms with van der Waals surface area (Å²) in [7, 11) is 2.13. The summed E-state index contributed by atoms with van der Waals surface area (Å²) in [6.45, 7) is 4.15. The fourth-order valence-electron chi connectivity index (χ4n) is 3.14. The molecule has 2 aliphatic heterocycles. The molecule has 1 aromatic heterocycles. The molecule has 1 aromatic rings. The Bertz CT molecular complexity index is 448. The molecule has 3 heterocycles. The van der Waals surface area contributed by atoms with Gasteiger partial charge in [-0.3, -0.25) is 10.1 Å². The van der Waals surface area contributed by atoms with Crippen molar-refractivity contribution in [2.75, 3.05) is 20.1 Å². The maximum atomic E-state index is 12.6. The Morgan fingerprint density at radius 1 is 1.53 bits per heavy atom. The molecule has 19 heavy (non-hydrogen) atoms. The fourth-order valence-corrected chi connectivity index (χ4v) is 3.92. The molecule has 0 saturated carbocycles. The number of amides is 1. The van der Waals surface area contributed by atoms with Gasteiger partial charge in [-0.1, -0.05) is 13.0 Å². The number of hydrogen-bond acceptors (Lipinski definition) is 4. The summed E-state index contributed by atoms with van der Waals surface area (Å²) < 4.78 is 0. The van der Waals surface area contributed by atoms with Crippen LogP contribution in [0.25, 0.3) is 0 Å². The van der Waals surface area contributed by atoms with E-state index in [0.29, 0.717) is 6.04 Å². The SMILES string of the molecule is CCC1NC(c2cccs2)N(C2CCN(C)C2)C1=O. The standard InChI is InChI=1S/C14H21N3OS/c1-3-11-14(18)17(10-6-7-16(2)9-10)13(15-11)12-5-4-8-19-12/h4-5,8,10-11,13,15H,3,6-7,9H2,1-2H3. The molecular weight excluding hydrogens is 258 g/mol. The molecule has 3 unspecified atom stereocenters. The Hall–Kier alpha value is -0.910. The zero-order valence-corrected chi connectivity index (χ0v) is 12.3. The summed E-state index contributed by atoms with van der Waals surface area (Å²) in [5.41, 5.74) is 0. The van der Waals surface area contributed by atoms with Crippen LogP contribution in [0.4, 0.5) is 0 Å². The van der Waals surface area contributed by atoms with Gasteiger partial charge in [0, 0.05) is 17.5 Å². The van der Waals surface area contributed by atoms with Crippen LogP contribution in [0.5, 0.6) is 0 Å². The van der Waals surface area contributed by atoms with E-state index in [1.54, 1.807) is 11.3 Å². The van der Waals surface area contributed by atoms with Gasteiger partial charge in [0.25, 0.3) is 0 Å².